The van der Waals surface area contributed by atoms with Gasteiger partial charge in [-0.25, -0.2) is 0 Å². The molecule has 1 aliphatic rings. The van der Waals surface area contributed by atoms with Crippen molar-refractivity contribution in [1.82, 2.24) is 4.90 Å². The molecular weight excluding hydrogens is 133 g/mol. The molecule has 1 unspecified atom stereocenters. The zero-order chi connectivity index (χ0) is 7.56. The number of hydrogen-bond donors (Lipinski definition) is 0. The molecule has 11 heavy (non-hydrogen) atoms. The molecule has 58 valence electrons. The molecule has 0 fully saturated rings. The number of likely N-dealkylation sites (N-methyl/N-ethyl adjacent to an activating group) is 1. The van der Waals surface area contributed by atoms with Crippen LogP contribution in [0.3, 0.4) is 0 Å². The summed E-state index contributed by atoms with van der Waals surface area (Å²) in [4.78, 5) is 2.00. The van der Waals surface area contributed by atoms with Crippen LogP contribution >= 0.6 is 0 Å². The minimum Gasteiger partial charge on any atom is -0.875 e. The van der Waals surface area contributed by atoms with Gasteiger partial charge in [-0.1, -0.05) is 6.08 Å². The smallest absolute Gasteiger partial charge is 0.875 e. The molecule has 0 aromatic carbocycles. The van der Waals surface area contributed by atoms with Crippen molar-refractivity contribution in [2.45, 2.75) is 25.3 Å². The van der Waals surface area contributed by atoms with Crippen molar-refractivity contribution in [2.75, 3.05) is 14.1 Å². The average molecular weight is 147 g/mol. The van der Waals surface area contributed by atoms with E-state index in [0.29, 0.717) is 5.76 Å². The minimum atomic E-state index is 0. The zero-order valence-electron chi connectivity index (χ0n) is 7.63. The van der Waals surface area contributed by atoms with E-state index in [-0.39, 0.29) is 24.9 Å². The first kappa shape index (κ1) is 11.1. The second-order valence-corrected chi connectivity index (χ2v) is 3.02. The second kappa shape index (κ2) is 4.87. The molecule has 0 N–H and O–H groups in total. The van der Waals surface area contributed by atoms with Crippen molar-refractivity contribution < 1.29 is 24.0 Å². The van der Waals surface area contributed by atoms with E-state index in [1.54, 1.807) is 0 Å². The molecule has 0 saturated heterocycles. The molecule has 1 atom stereocenters. The topological polar surface area (TPSA) is 26.3 Å². The van der Waals surface area contributed by atoms with Gasteiger partial charge in [0.15, 0.2) is 0 Å². The molecule has 0 heterocycles. The second-order valence-electron chi connectivity index (χ2n) is 3.02. The van der Waals surface area contributed by atoms with E-state index >= 15 is 0 Å². The van der Waals surface area contributed by atoms with Crippen LogP contribution in [0.25, 0.3) is 0 Å². The van der Waals surface area contributed by atoms with Crippen LogP contribution in [0.15, 0.2) is 11.8 Å². The van der Waals surface area contributed by atoms with Gasteiger partial charge in [0.2, 0.25) is 0 Å². The third kappa shape index (κ3) is 2.90. The molecule has 0 radical (unpaired) electrons. The number of hydrogen-bond acceptors (Lipinski definition) is 2. The molecule has 0 aromatic heterocycles. The summed E-state index contributed by atoms with van der Waals surface area (Å²) in [5.74, 6) is 0.302. The Bertz CT molecular complexity index is 145. The molecule has 3 heteroatoms. The molecule has 0 saturated carbocycles. The van der Waals surface area contributed by atoms with Gasteiger partial charge in [0.1, 0.15) is 0 Å². The largest absolute Gasteiger partial charge is 1.00 e. The van der Waals surface area contributed by atoms with Crippen LogP contribution in [0, 0.1) is 0 Å². The van der Waals surface area contributed by atoms with Crippen molar-refractivity contribution in [1.29, 1.82) is 0 Å². The molecular formula is C8H14LiNO. The van der Waals surface area contributed by atoms with Gasteiger partial charge in [0, 0.05) is 6.04 Å². The first-order chi connectivity index (χ1) is 4.72. The van der Waals surface area contributed by atoms with Gasteiger partial charge in [-0.2, -0.15) is 0 Å². The van der Waals surface area contributed by atoms with Gasteiger partial charge >= 0.3 is 18.9 Å². The van der Waals surface area contributed by atoms with E-state index in [0.717, 1.165) is 19.3 Å². The third-order valence-corrected chi connectivity index (χ3v) is 1.98. The van der Waals surface area contributed by atoms with E-state index in [9.17, 15) is 5.11 Å². The Morgan fingerprint density at radius 1 is 1.55 bits per heavy atom. The predicted molar refractivity (Wildman–Crippen MR) is 39.4 cm³/mol. The van der Waals surface area contributed by atoms with Crippen molar-refractivity contribution in [3.63, 3.8) is 0 Å². The van der Waals surface area contributed by atoms with Crippen LogP contribution in [-0.2, 0) is 0 Å². The molecule has 0 aliphatic heterocycles. The maximum atomic E-state index is 11.1. The summed E-state index contributed by atoms with van der Waals surface area (Å²) in [6, 6.07) is 0.161. The molecule has 0 aromatic rings. The van der Waals surface area contributed by atoms with E-state index in [4.69, 9.17) is 0 Å². The summed E-state index contributed by atoms with van der Waals surface area (Å²) in [7, 11) is 3.92. The summed E-state index contributed by atoms with van der Waals surface area (Å²) in [5.41, 5.74) is 0. The number of allylic oxidation sites excluding steroid dienone is 1. The van der Waals surface area contributed by atoms with Crippen LogP contribution in [0.2, 0.25) is 0 Å². The summed E-state index contributed by atoms with van der Waals surface area (Å²) >= 11 is 0. The van der Waals surface area contributed by atoms with Crippen molar-refractivity contribution in [3.8, 4) is 0 Å². The van der Waals surface area contributed by atoms with Gasteiger partial charge in [0.25, 0.3) is 0 Å². The standard InChI is InChI=1S/C8H15NO.Li/c1-9(2)7-5-3-4-6-8(7)10;/h6-7,10H,3-5H2,1-2H3;/q;+1/p-1. The van der Waals surface area contributed by atoms with E-state index in [1.165, 1.54) is 0 Å². The Kier molecular flexibility index (Phi) is 4.91. The molecule has 1 aliphatic carbocycles. The molecule has 0 bridgehead atoms. The van der Waals surface area contributed by atoms with Crippen molar-refractivity contribution >= 4 is 0 Å². The molecule has 2 nitrogen and oxygen atoms in total. The zero-order valence-corrected chi connectivity index (χ0v) is 7.63. The van der Waals surface area contributed by atoms with Crippen molar-refractivity contribution in [3.05, 3.63) is 11.8 Å². The van der Waals surface area contributed by atoms with Gasteiger partial charge in [-0.3, -0.25) is 0 Å². The average Bonchev–Trinajstić information content (AvgIpc) is 1.88. The van der Waals surface area contributed by atoms with E-state index in [2.05, 4.69) is 0 Å². The van der Waals surface area contributed by atoms with E-state index in [1.807, 2.05) is 25.1 Å². The van der Waals surface area contributed by atoms with Gasteiger partial charge in [-0.15, -0.1) is 5.76 Å². The van der Waals surface area contributed by atoms with Crippen LogP contribution in [-0.4, -0.2) is 25.0 Å². The van der Waals surface area contributed by atoms with Crippen LogP contribution in [0.4, 0.5) is 0 Å². The fourth-order valence-corrected chi connectivity index (χ4v) is 1.35. The Balaban J connectivity index is 0.000001000. The quantitative estimate of drug-likeness (QED) is 0.379. The summed E-state index contributed by atoms with van der Waals surface area (Å²) < 4.78 is 0. The number of rotatable bonds is 1. The first-order valence-corrected chi connectivity index (χ1v) is 3.75. The summed E-state index contributed by atoms with van der Waals surface area (Å²) in [6.07, 6.45) is 4.98. The minimum absolute atomic E-state index is 0. The predicted octanol–water partition coefficient (Wildman–Crippen LogP) is -2.65. The Morgan fingerprint density at radius 3 is 2.55 bits per heavy atom. The first-order valence-electron chi connectivity index (χ1n) is 3.75. The summed E-state index contributed by atoms with van der Waals surface area (Å²) in [5, 5.41) is 11.1. The van der Waals surface area contributed by atoms with Gasteiger partial charge in [0.05, 0.1) is 0 Å². The Hall–Kier alpha value is 0.0974. The third-order valence-electron chi connectivity index (χ3n) is 1.98. The number of nitrogens with zero attached hydrogens (tertiary/aromatic N) is 1. The Morgan fingerprint density at radius 2 is 2.18 bits per heavy atom. The SMILES string of the molecule is CN(C)C1CCCC=C1[O-].[Li+]. The van der Waals surface area contributed by atoms with Crippen molar-refractivity contribution in [2.24, 2.45) is 0 Å². The van der Waals surface area contributed by atoms with Crippen LogP contribution in [0.1, 0.15) is 19.3 Å². The van der Waals surface area contributed by atoms with Crippen LogP contribution < -0.4 is 24.0 Å². The monoisotopic (exact) mass is 147 g/mol. The molecule has 0 spiro atoms. The fourth-order valence-electron chi connectivity index (χ4n) is 1.35. The maximum Gasteiger partial charge on any atom is 1.00 e. The molecule has 0 amide bonds. The van der Waals surface area contributed by atoms with Gasteiger partial charge in [-0.05, 0) is 33.4 Å². The maximum absolute atomic E-state index is 11.1. The normalized spacial score (nSPS) is 24.3. The summed E-state index contributed by atoms with van der Waals surface area (Å²) in [6.45, 7) is 0. The van der Waals surface area contributed by atoms with Gasteiger partial charge < -0.3 is 10.0 Å². The van der Waals surface area contributed by atoms with Crippen LogP contribution in [0.5, 0.6) is 0 Å². The molecule has 1 rings (SSSR count). The Labute approximate surface area is 80.5 Å². The fraction of sp³-hybridized carbons (Fsp3) is 0.750. The van der Waals surface area contributed by atoms with E-state index < -0.39 is 0 Å².